The van der Waals surface area contributed by atoms with Gasteiger partial charge in [0, 0.05) is 30.1 Å². The van der Waals surface area contributed by atoms with Crippen molar-refractivity contribution in [3.8, 4) is 28.4 Å². The third kappa shape index (κ3) is 11.0. The Balaban J connectivity index is 1.40. The Hall–Kier alpha value is -3.65. The molecule has 0 radical (unpaired) electrons. The Bertz CT molecular complexity index is 1510. The number of benzene rings is 2. The zero-order valence-corrected chi connectivity index (χ0v) is 28.6. The first-order valence-electron chi connectivity index (χ1n) is 16.9. The number of aromatic nitrogens is 3. The number of aryl methyl sites for hydroxylation is 1. The van der Waals surface area contributed by atoms with Crippen molar-refractivity contribution in [3.05, 3.63) is 89.9 Å². The van der Waals surface area contributed by atoms with Crippen molar-refractivity contribution >= 4 is 0 Å². The molecule has 1 unspecified atom stereocenters. The predicted molar refractivity (Wildman–Crippen MR) is 183 cm³/mol. The van der Waals surface area contributed by atoms with E-state index in [9.17, 15) is 13.2 Å². The van der Waals surface area contributed by atoms with Crippen LogP contribution < -0.4 is 4.74 Å². The highest BCUT2D eigenvalue weighted by Crippen LogP contribution is 2.34. The van der Waals surface area contributed by atoms with E-state index in [1.807, 2.05) is 55.5 Å². The molecule has 0 amide bonds. The number of unbranched alkanes of at least 4 members (excludes halogenated alkanes) is 5. The van der Waals surface area contributed by atoms with Gasteiger partial charge in [-0.3, -0.25) is 4.98 Å². The maximum absolute atomic E-state index is 13.7. The van der Waals surface area contributed by atoms with Crippen molar-refractivity contribution < 1.29 is 22.6 Å². The Morgan fingerprint density at radius 3 is 2.23 bits per heavy atom. The molecule has 254 valence electrons. The fraction of sp³-hybridized carbons (Fsp3) is 0.487. The van der Waals surface area contributed by atoms with Gasteiger partial charge in [-0.2, -0.15) is 13.2 Å². The van der Waals surface area contributed by atoms with E-state index in [4.69, 9.17) is 9.47 Å². The zero-order chi connectivity index (χ0) is 33.9. The van der Waals surface area contributed by atoms with Crippen molar-refractivity contribution in [1.82, 2.24) is 14.5 Å². The first kappa shape index (κ1) is 36.2. The first-order chi connectivity index (χ1) is 22.5. The highest BCUT2D eigenvalue weighted by molar-refractivity contribution is 5.65. The van der Waals surface area contributed by atoms with E-state index >= 15 is 0 Å². The lowest BCUT2D eigenvalue weighted by molar-refractivity contribution is -0.141. The fourth-order valence-corrected chi connectivity index (χ4v) is 5.85. The summed E-state index contributed by atoms with van der Waals surface area (Å²) in [6.07, 6.45) is 7.57. The molecule has 0 aliphatic carbocycles. The van der Waals surface area contributed by atoms with Gasteiger partial charge in [-0.05, 0) is 72.6 Å². The highest BCUT2D eigenvalue weighted by Gasteiger charge is 2.35. The Kier molecular flexibility index (Phi) is 13.1. The molecule has 5 nitrogen and oxygen atoms in total. The van der Waals surface area contributed by atoms with Gasteiger partial charge in [-0.1, -0.05) is 96.6 Å². The minimum Gasteiger partial charge on any atom is -0.489 e. The van der Waals surface area contributed by atoms with Crippen LogP contribution in [0, 0.1) is 18.3 Å². The highest BCUT2D eigenvalue weighted by atomic mass is 19.4. The van der Waals surface area contributed by atoms with Crippen LogP contribution in [0.4, 0.5) is 13.2 Å². The predicted octanol–water partition coefficient (Wildman–Crippen LogP) is 11.3. The number of hydrogen-bond donors (Lipinski definition) is 0. The number of pyridine rings is 1. The van der Waals surface area contributed by atoms with Gasteiger partial charge in [0.1, 0.15) is 24.9 Å². The maximum Gasteiger partial charge on any atom is 0.434 e. The standard InChI is InChI=1S/C39H50F3N3O2/c1-6-7-8-9-10-14-17-33(38(3,4)5)22-23-46-28-45-26-36(39(40,41)42)44-37(45)32-18-20-34(43-25-32)31-19-21-35(29(2)24-31)47-27-30-15-12-11-13-16-30/h11-13,15-16,18-21,24-26,33H,6-10,14,17,22-23,27-28H2,1-5H3. The molecular formula is C39H50F3N3O2. The molecule has 0 bridgehead atoms. The number of halogens is 3. The molecule has 0 spiro atoms. The summed E-state index contributed by atoms with van der Waals surface area (Å²) in [5.74, 6) is 1.44. The number of nitrogens with zero attached hydrogens (tertiary/aromatic N) is 3. The summed E-state index contributed by atoms with van der Waals surface area (Å²) in [7, 11) is 0. The van der Waals surface area contributed by atoms with E-state index in [1.165, 1.54) is 43.1 Å². The summed E-state index contributed by atoms with van der Waals surface area (Å²) in [4.78, 5) is 8.54. The summed E-state index contributed by atoms with van der Waals surface area (Å²) in [5.41, 5.74) is 3.32. The largest absolute Gasteiger partial charge is 0.489 e. The zero-order valence-electron chi connectivity index (χ0n) is 28.6. The number of imidazole rings is 1. The fourth-order valence-electron chi connectivity index (χ4n) is 5.85. The second kappa shape index (κ2) is 17.0. The Morgan fingerprint density at radius 1 is 0.851 bits per heavy atom. The van der Waals surface area contributed by atoms with Crippen molar-refractivity contribution in [3.63, 3.8) is 0 Å². The number of ether oxygens (including phenoxy) is 2. The molecule has 0 saturated carbocycles. The van der Waals surface area contributed by atoms with Crippen LogP contribution in [0.3, 0.4) is 0 Å². The lowest BCUT2D eigenvalue weighted by atomic mass is 9.76. The number of hydrogen-bond acceptors (Lipinski definition) is 4. The van der Waals surface area contributed by atoms with Crippen molar-refractivity contribution in [1.29, 1.82) is 0 Å². The lowest BCUT2D eigenvalue weighted by Crippen LogP contribution is -2.22. The molecule has 0 saturated heterocycles. The molecule has 0 aliphatic heterocycles. The first-order valence-corrected chi connectivity index (χ1v) is 16.9. The van der Waals surface area contributed by atoms with Crippen LogP contribution in [-0.2, 0) is 24.3 Å². The lowest BCUT2D eigenvalue weighted by Gasteiger charge is -2.31. The molecule has 0 N–H and O–H groups in total. The van der Waals surface area contributed by atoms with Crippen LogP contribution in [0.5, 0.6) is 5.75 Å². The average molecular weight is 650 g/mol. The topological polar surface area (TPSA) is 49.2 Å². The van der Waals surface area contributed by atoms with Crippen LogP contribution in [0.1, 0.15) is 95.9 Å². The maximum atomic E-state index is 13.7. The summed E-state index contributed by atoms with van der Waals surface area (Å²) in [6.45, 7) is 11.9. The molecule has 47 heavy (non-hydrogen) atoms. The van der Waals surface area contributed by atoms with Crippen molar-refractivity contribution in [2.24, 2.45) is 11.3 Å². The van der Waals surface area contributed by atoms with Gasteiger partial charge in [0.25, 0.3) is 0 Å². The second-order valence-electron chi connectivity index (χ2n) is 13.5. The SMILES string of the molecule is CCCCCCCCC(CCOCn1cc(C(F)(F)F)nc1-c1ccc(-c2ccc(OCc3ccccc3)c(C)c2)nc1)C(C)(C)C. The summed E-state index contributed by atoms with van der Waals surface area (Å²) >= 11 is 0. The minimum absolute atomic E-state index is 0.0162. The summed E-state index contributed by atoms with van der Waals surface area (Å²) in [6, 6.07) is 19.4. The summed E-state index contributed by atoms with van der Waals surface area (Å²) in [5, 5.41) is 0. The minimum atomic E-state index is -4.57. The third-order valence-electron chi connectivity index (χ3n) is 8.77. The third-order valence-corrected chi connectivity index (χ3v) is 8.77. The molecule has 2 aromatic heterocycles. The van der Waals surface area contributed by atoms with Crippen molar-refractivity contribution in [2.45, 2.75) is 105 Å². The molecular weight excluding hydrogens is 599 g/mol. The molecule has 2 heterocycles. The molecule has 1 atom stereocenters. The Morgan fingerprint density at radius 2 is 1.57 bits per heavy atom. The molecule has 4 aromatic rings. The van der Waals surface area contributed by atoms with E-state index in [0.717, 1.165) is 41.5 Å². The van der Waals surface area contributed by atoms with Gasteiger partial charge in [-0.25, -0.2) is 4.98 Å². The van der Waals surface area contributed by atoms with E-state index in [1.54, 1.807) is 18.3 Å². The van der Waals surface area contributed by atoms with E-state index in [2.05, 4.69) is 37.7 Å². The van der Waals surface area contributed by atoms with Gasteiger partial charge in [0.2, 0.25) is 0 Å². The molecule has 8 heteroatoms. The van der Waals surface area contributed by atoms with Crippen molar-refractivity contribution in [2.75, 3.05) is 6.61 Å². The normalized spacial score (nSPS) is 12.8. The smallest absolute Gasteiger partial charge is 0.434 e. The molecule has 0 aliphatic rings. The molecule has 2 aromatic carbocycles. The van der Waals surface area contributed by atoms with E-state index in [-0.39, 0.29) is 18.0 Å². The number of alkyl halides is 3. The van der Waals surface area contributed by atoms with Gasteiger partial charge >= 0.3 is 6.18 Å². The van der Waals surface area contributed by atoms with Crippen LogP contribution in [0.15, 0.2) is 73.1 Å². The number of rotatable bonds is 17. The van der Waals surface area contributed by atoms with Crippen LogP contribution in [-0.4, -0.2) is 21.1 Å². The van der Waals surface area contributed by atoms with E-state index < -0.39 is 11.9 Å². The second-order valence-corrected chi connectivity index (χ2v) is 13.5. The van der Waals surface area contributed by atoms with Crippen LogP contribution >= 0.6 is 0 Å². The van der Waals surface area contributed by atoms with E-state index in [0.29, 0.717) is 30.4 Å². The van der Waals surface area contributed by atoms with Gasteiger partial charge in [0.05, 0.1) is 5.69 Å². The monoisotopic (exact) mass is 649 g/mol. The van der Waals surface area contributed by atoms with Gasteiger partial charge in [0.15, 0.2) is 5.69 Å². The van der Waals surface area contributed by atoms with Crippen LogP contribution in [0.2, 0.25) is 0 Å². The summed E-state index contributed by atoms with van der Waals surface area (Å²) < 4.78 is 54.5. The Labute approximate surface area is 278 Å². The van der Waals surface area contributed by atoms with Crippen LogP contribution in [0.25, 0.3) is 22.6 Å². The average Bonchev–Trinajstić information content (AvgIpc) is 3.48. The molecule has 4 rings (SSSR count). The van der Waals surface area contributed by atoms with Gasteiger partial charge in [-0.15, -0.1) is 0 Å². The molecule has 0 fully saturated rings. The quantitative estimate of drug-likeness (QED) is 0.107. The van der Waals surface area contributed by atoms with Gasteiger partial charge < -0.3 is 14.0 Å².